The van der Waals surface area contributed by atoms with Crippen molar-refractivity contribution in [3.05, 3.63) is 144 Å². The van der Waals surface area contributed by atoms with E-state index in [-0.39, 0.29) is 31.3 Å². The number of nitrogens with zero attached hydrogens (tertiary/aromatic N) is 3. The summed E-state index contributed by atoms with van der Waals surface area (Å²) >= 11 is 1.48. The van der Waals surface area contributed by atoms with Crippen molar-refractivity contribution in [2.75, 3.05) is 6.54 Å². The number of thioether (sulfide) groups is 1. The first-order valence-corrected chi connectivity index (χ1v) is 18.1. The normalized spacial score (nSPS) is 28.3. The first-order chi connectivity index (χ1) is 24.7. The number of rotatable bonds is 9. The van der Waals surface area contributed by atoms with E-state index < -0.39 is 57.0 Å². The van der Waals surface area contributed by atoms with Crippen LogP contribution in [0.3, 0.4) is 0 Å². The first kappa shape index (κ1) is 33.1. The zero-order valence-corrected chi connectivity index (χ0v) is 29.1. The summed E-state index contributed by atoms with van der Waals surface area (Å²) in [4.78, 5) is 60.0. The molecular formula is C41H37N3O6S. The molecule has 258 valence electrons. The van der Waals surface area contributed by atoms with Crippen LogP contribution in [0.1, 0.15) is 53.4 Å². The molecule has 0 N–H and O–H groups in total. The van der Waals surface area contributed by atoms with E-state index >= 15 is 0 Å². The molecule has 4 aromatic carbocycles. The molecule has 4 aliphatic rings. The van der Waals surface area contributed by atoms with Crippen LogP contribution in [0.4, 0.5) is 0 Å². The highest BCUT2D eigenvalue weighted by Gasteiger charge is 2.83. The first-order valence-electron chi connectivity index (χ1n) is 17.2. The largest absolute Gasteiger partial charge is 0.459 e. The van der Waals surface area contributed by atoms with Crippen molar-refractivity contribution in [2.45, 2.75) is 54.7 Å². The van der Waals surface area contributed by atoms with E-state index in [0.717, 1.165) is 16.7 Å². The molecule has 1 aliphatic carbocycles. The molecular weight excluding hydrogens is 663 g/mol. The van der Waals surface area contributed by atoms with Crippen LogP contribution < -0.4 is 0 Å². The Morgan fingerprint density at radius 2 is 1.41 bits per heavy atom. The molecule has 4 aromatic rings. The number of carbonyl (C=O) groups excluding carboxylic acids is 4. The van der Waals surface area contributed by atoms with Crippen molar-refractivity contribution in [2.24, 2.45) is 27.5 Å². The van der Waals surface area contributed by atoms with Gasteiger partial charge in [-0.2, -0.15) is 10.2 Å². The number of azo groups is 1. The quantitative estimate of drug-likeness (QED) is 0.107. The van der Waals surface area contributed by atoms with E-state index in [2.05, 4.69) is 10.2 Å². The van der Waals surface area contributed by atoms with Gasteiger partial charge in [-0.1, -0.05) is 121 Å². The number of carbonyl (C=O) groups is 4. The van der Waals surface area contributed by atoms with Gasteiger partial charge in [-0.25, -0.2) is 9.59 Å². The molecule has 9 nitrogen and oxygen atoms in total. The maximum Gasteiger partial charge on any atom is 0.337 e. The zero-order chi connectivity index (χ0) is 35.4. The van der Waals surface area contributed by atoms with E-state index in [9.17, 15) is 19.2 Å². The fraction of sp³-hybridized carbons (Fsp3) is 0.317. The van der Waals surface area contributed by atoms with Crippen LogP contribution >= 0.6 is 11.8 Å². The lowest BCUT2D eigenvalue weighted by molar-refractivity contribution is -0.181. The molecule has 1 amide bonds. The molecule has 2 saturated heterocycles. The van der Waals surface area contributed by atoms with Crippen molar-refractivity contribution in [1.82, 2.24) is 4.90 Å². The van der Waals surface area contributed by atoms with Crippen molar-refractivity contribution >= 4 is 35.4 Å². The molecule has 3 heterocycles. The van der Waals surface area contributed by atoms with Crippen molar-refractivity contribution in [1.29, 1.82) is 0 Å². The molecule has 0 bridgehead atoms. The molecule has 3 aliphatic heterocycles. The molecule has 0 aromatic heterocycles. The van der Waals surface area contributed by atoms with Crippen LogP contribution in [0, 0.1) is 17.3 Å². The van der Waals surface area contributed by atoms with Gasteiger partial charge in [-0.3, -0.25) is 9.59 Å². The number of amides is 1. The number of fused-ring (bicyclic) bond motifs is 3. The number of hydrogen-bond donors (Lipinski definition) is 0. The van der Waals surface area contributed by atoms with Gasteiger partial charge in [0.2, 0.25) is 5.91 Å². The minimum atomic E-state index is -1.68. The number of β-lactam (4-membered cyclic amide) rings is 1. The van der Waals surface area contributed by atoms with Crippen molar-refractivity contribution in [3.63, 3.8) is 0 Å². The maximum atomic E-state index is 14.9. The Morgan fingerprint density at radius 3 is 2.02 bits per heavy atom. The predicted molar refractivity (Wildman–Crippen MR) is 190 cm³/mol. The predicted octanol–water partition coefficient (Wildman–Crippen LogP) is 6.83. The molecule has 6 atom stereocenters. The standard InChI is InChI=1S/C41H37N3O6S/c1-39(2)34(35(46)50-32(28-19-11-5-12-20-28)29-21-13-6-14-22-29)44-36(47)40(37(44)51-39)23-30-24-42-43-41(30,33(40)31(45)27-17-9-4-10-18-27)38(48)49-25-26-15-7-3-8-16-26/h3-22,30,32-34,37H,23-25H2,1-2H3/t30-,33?,34+,37-,40?,41+/m1/s1. The van der Waals surface area contributed by atoms with E-state index in [1.807, 2.05) is 111 Å². The monoisotopic (exact) mass is 699 g/mol. The Labute approximate surface area is 300 Å². The van der Waals surface area contributed by atoms with Gasteiger partial charge in [0.05, 0.1) is 23.3 Å². The average Bonchev–Trinajstić information content (AvgIpc) is 3.80. The second kappa shape index (κ2) is 12.6. The fourth-order valence-corrected chi connectivity index (χ4v) is 10.4. The second-order valence-electron chi connectivity index (χ2n) is 14.2. The Morgan fingerprint density at radius 1 is 0.843 bits per heavy atom. The van der Waals surface area contributed by atoms with Gasteiger partial charge < -0.3 is 14.4 Å². The van der Waals surface area contributed by atoms with Gasteiger partial charge in [0.1, 0.15) is 12.6 Å². The molecule has 1 saturated carbocycles. The molecule has 0 radical (unpaired) electrons. The molecule has 8 rings (SSSR count). The lowest BCUT2D eigenvalue weighted by Crippen LogP contribution is -2.72. The number of ether oxygens (including phenoxy) is 2. The van der Waals surface area contributed by atoms with Crippen LogP contribution in [0.15, 0.2) is 132 Å². The number of esters is 2. The van der Waals surface area contributed by atoms with Gasteiger partial charge in [0, 0.05) is 16.2 Å². The third-order valence-electron chi connectivity index (χ3n) is 10.9. The zero-order valence-electron chi connectivity index (χ0n) is 28.3. The van der Waals surface area contributed by atoms with Crippen molar-refractivity contribution < 1.29 is 28.7 Å². The lowest BCUT2D eigenvalue weighted by Gasteiger charge is -2.54. The van der Waals surface area contributed by atoms with Gasteiger partial charge in [0.25, 0.3) is 0 Å². The summed E-state index contributed by atoms with van der Waals surface area (Å²) in [6.45, 7) is 4.04. The van der Waals surface area contributed by atoms with Gasteiger partial charge in [-0.15, -0.1) is 11.8 Å². The number of hydrogen-bond acceptors (Lipinski definition) is 9. The number of ketones is 1. The SMILES string of the molecule is CC1(C)S[C@H]2N(C(=O)C23C[C@@H]2CN=N[C@]2(C(=O)OCc2ccccc2)C3C(=O)c2ccccc2)[C@H]1C(=O)OC(c1ccccc1)c1ccccc1. The minimum Gasteiger partial charge on any atom is -0.459 e. The highest BCUT2D eigenvalue weighted by molar-refractivity contribution is 8.01. The molecule has 3 fully saturated rings. The smallest absolute Gasteiger partial charge is 0.337 e. The second-order valence-corrected chi connectivity index (χ2v) is 16.0. The van der Waals surface area contributed by atoms with Crippen molar-refractivity contribution in [3.8, 4) is 0 Å². The summed E-state index contributed by atoms with van der Waals surface area (Å²) in [6, 6.07) is 36.1. The molecule has 1 spiro atoms. The summed E-state index contributed by atoms with van der Waals surface area (Å²) in [5, 5.41) is 8.27. The molecule has 2 unspecified atom stereocenters. The fourth-order valence-electron chi connectivity index (χ4n) is 8.63. The van der Waals surface area contributed by atoms with Gasteiger partial charge in [-0.05, 0) is 37.0 Å². The van der Waals surface area contributed by atoms with Gasteiger partial charge >= 0.3 is 11.9 Å². The molecule has 51 heavy (non-hydrogen) atoms. The Kier molecular flexibility index (Phi) is 8.17. The average molecular weight is 700 g/mol. The Balaban J connectivity index is 1.15. The summed E-state index contributed by atoms with van der Waals surface area (Å²) < 4.78 is 11.5. The Bertz CT molecular complexity index is 1970. The van der Waals surface area contributed by atoms with E-state index in [1.165, 1.54) is 11.8 Å². The summed E-state index contributed by atoms with van der Waals surface area (Å²) in [7, 11) is 0. The minimum absolute atomic E-state index is 0.00784. The third kappa shape index (κ3) is 5.13. The van der Waals surface area contributed by atoms with Crippen LogP contribution in [0.25, 0.3) is 0 Å². The summed E-state index contributed by atoms with van der Waals surface area (Å²) in [5.74, 6) is -3.61. The van der Waals surface area contributed by atoms with E-state index in [1.54, 1.807) is 29.2 Å². The van der Waals surface area contributed by atoms with Crippen LogP contribution in [-0.4, -0.2) is 56.8 Å². The summed E-state index contributed by atoms with van der Waals surface area (Å²) in [6.07, 6.45) is -0.475. The highest BCUT2D eigenvalue weighted by atomic mass is 32.2. The van der Waals surface area contributed by atoms with Crippen LogP contribution in [-0.2, 0) is 30.5 Å². The summed E-state index contributed by atoms with van der Waals surface area (Å²) in [5.41, 5.74) is -0.213. The third-order valence-corrected chi connectivity index (χ3v) is 12.6. The number of benzene rings is 4. The van der Waals surface area contributed by atoms with Crippen LogP contribution in [0.2, 0.25) is 0 Å². The molecule has 10 heteroatoms. The van der Waals surface area contributed by atoms with E-state index in [4.69, 9.17) is 9.47 Å². The van der Waals surface area contributed by atoms with Crippen LogP contribution in [0.5, 0.6) is 0 Å². The lowest BCUT2D eigenvalue weighted by atomic mass is 9.63. The van der Waals surface area contributed by atoms with Gasteiger partial charge in [0.15, 0.2) is 17.4 Å². The van der Waals surface area contributed by atoms with E-state index in [0.29, 0.717) is 5.56 Å². The number of Topliss-reactive ketones (excluding diaryl/α,β-unsaturated/α-hetero) is 1. The highest BCUT2D eigenvalue weighted by Crippen LogP contribution is 2.71. The topological polar surface area (TPSA) is 115 Å². The maximum absolute atomic E-state index is 14.9. The Hall–Kier alpha value is -5.09.